The molecule has 0 spiro atoms. The number of aliphatic hydroxyl groups is 1. The van der Waals surface area contributed by atoms with E-state index in [0.717, 1.165) is 12.1 Å². The Bertz CT molecular complexity index is 533. The first-order valence-electron chi connectivity index (χ1n) is 6.61. The average molecular weight is 319 g/mol. The third-order valence-corrected chi connectivity index (χ3v) is 3.29. The summed E-state index contributed by atoms with van der Waals surface area (Å²) in [5.41, 5.74) is -0.334. The summed E-state index contributed by atoms with van der Waals surface area (Å²) in [5.74, 6) is 0. The van der Waals surface area contributed by atoms with Crippen molar-refractivity contribution in [1.29, 1.82) is 0 Å². The van der Waals surface area contributed by atoms with Gasteiger partial charge in [-0.1, -0.05) is 0 Å². The number of anilines is 2. The van der Waals surface area contributed by atoms with E-state index in [4.69, 9.17) is 5.11 Å². The molecule has 0 heterocycles. The molecule has 124 valence electrons. The number of rotatable bonds is 4. The fraction of sp³-hybridized carbons (Fsp3) is 0.500. The summed E-state index contributed by atoms with van der Waals surface area (Å²) in [6.07, 6.45) is -4.49. The Morgan fingerprint density at radius 2 is 1.91 bits per heavy atom. The van der Waals surface area contributed by atoms with Crippen LogP contribution in [0.2, 0.25) is 0 Å². The normalized spacial score (nSPS) is 12.7. The summed E-state index contributed by atoms with van der Waals surface area (Å²) in [5, 5.41) is 11.5. The number of alkyl halides is 3. The van der Waals surface area contributed by atoms with Crippen LogP contribution in [0.3, 0.4) is 0 Å². The molecular formula is C14H20F3N3O2. The van der Waals surface area contributed by atoms with E-state index in [1.807, 2.05) is 0 Å². The van der Waals surface area contributed by atoms with Crippen LogP contribution in [0.25, 0.3) is 0 Å². The third-order valence-electron chi connectivity index (χ3n) is 3.29. The second kappa shape index (κ2) is 6.87. The number of urea groups is 1. The van der Waals surface area contributed by atoms with E-state index in [1.54, 1.807) is 25.9 Å². The Morgan fingerprint density at radius 1 is 1.32 bits per heavy atom. The van der Waals surface area contributed by atoms with Gasteiger partial charge in [0.15, 0.2) is 0 Å². The van der Waals surface area contributed by atoms with Crippen molar-refractivity contribution in [2.75, 3.05) is 38.0 Å². The van der Waals surface area contributed by atoms with Gasteiger partial charge in [-0.15, -0.1) is 0 Å². The van der Waals surface area contributed by atoms with Gasteiger partial charge in [0, 0.05) is 21.1 Å². The Hall–Kier alpha value is -1.96. The van der Waals surface area contributed by atoms with Crippen LogP contribution >= 0.6 is 0 Å². The Kier molecular flexibility index (Phi) is 5.65. The number of aliphatic hydroxyl groups excluding tert-OH is 1. The maximum Gasteiger partial charge on any atom is 0.416 e. The minimum atomic E-state index is -4.49. The molecule has 8 heteroatoms. The number of hydrogen-bond donors (Lipinski definition) is 2. The summed E-state index contributed by atoms with van der Waals surface area (Å²) in [6.45, 7) is 1.38. The van der Waals surface area contributed by atoms with Gasteiger partial charge in [-0.25, -0.2) is 4.79 Å². The lowest BCUT2D eigenvalue weighted by Gasteiger charge is -2.25. The molecule has 0 saturated carbocycles. The Balaban J connectivity index is 3.12. The standard InChI is InChI=1S/C14H20F3N3O2/c1-9(8-21)20(4)13(22)18-11-7-10(14(15,16)17)5-6-12(11)19(2)3/h5-7,9,21H,8H2,1-4H3,(H,18,22). The lowest BCUT2D eigenvalue weighted by Crippen LogP contribution is -2.40. The molecular weight excluding hydrogens is 299 g/mol. The van der Waals surface area contributed by atoms with Gasteiger partial charge in [0.2, 0.25) is 0 Å². The van der Waals surface area contributed by atoms with Crippen molar-refractivity contribution in [2.24, 2.45) is 0 Å². The third kappa shape index (κ3) is 4.27. The van der Waals surface area contributed by atoms with Crippen LogP contribution in [0, 0.1) is 0 Å². The molecule has 1 atom stereocenters. The van der Waals surface area contributed by atoms with E-state index >= 15 is 0 Å². The molecule has 1 unspecified atom stereocenters. The van der Waals surface area contributed by atoms with Crippen LogP contribution in [0.4, 0.5) is 29.3 Å². The molecule has 0 bridgehead atoms. The lowest BCUT2D eigenvalue weighted by molar-refractivity contribution is -0.137. The molecule has 2 N–H and O–H groups in total. The molecule has 1 aromatic rings. The van der Waals surface area contributed by atoms with Gasteiger partial charge in [-0.05, 0) is 25.1 Å². The first kappa shape index (κ1) is 18.1. The van der Waals surface area contributed by atoms with Crippen LogP contribution in [-0.4, -0.2) is 49.8 Å². The lowest BCUT2D eigenvalue weighted by atomic mass is 10.1. The van der Waals surface area contributed by atoms with E-state index in [-0.39, 0.29) is 12.3 Å². The quantitative estimate of drug-likeness (QED) is 0.897. The molecule has 2 amide bonds. The molecule has 0 fully saturated rings. The molecule has 0 aromatic heterocycles. The second-order valence-electron chi connectivity index (χ2n) is 5.20. The highest BCUT2D eigenvalue weighted by Crippen LogP contribution is 2.35. The van der Waals surface area contributed by atoms with Crippen LogP contribution in [-0.2, 0) is 6.18 Å². The van der Waals surface area contributed by atoms with Crippen LogP contribution in [0.15, 0.2) is 18.2 Å². The Labute approximate surface area is 127 Å². The van der Waals surface area contributed by atoms with Gasteiger partial charge in [0.25, 0.3) is 0 Å². The molecule has 0 aliphatic heterocycles. The average Bonchev–Trinajstić information content (AvgIpc) is 2.44. The van der Waals surface area contributed by atoms with Crippen molar-refractivity contribution >= 4 is 17.4 Å². The van der Waals surface area contributed by atoms with Gasteiger partial charge in [-0.2, -0.15) is 13.2 Å². The fourth-order valence-electron chi connectivity index (χ4n) is 1.73. The number of nitrogens with one attached hydrogen (secondary N) is 1. The van der Waals surface area contributed by atoms with E-state index in [9.17, 15) is 18.0 Å². The van der Waals surface area contributed by atoms with Crippen molar-refractivity contribution in [3.8, 4) is 0 Å². The van der Waals surface area contributed by atoms with Crippen LogP contribution in [0.1, 0.15) is 12.5 Å². The number of hydrogen-bond acceptors (Lipinski definition) is 3. The minimum Gasteiger partial charge on any atom is -0.394 e. The summed E-state index contributed by atoms with van der Waals surface area (Å²) in [7, 11) is 4.79. The van der Waals surface area contributed by atoms with Crippen molar-refractivity contribution in [2.45, 2.75) is 19.1 Å². The molecule has 0 aliphatic rings. The summed E-state index contributed by atoms with van der Waals surface area (Å²) < 4.78 is 38.4. The number of nitrogens with zero attached hydrogens (tertiary/aromatic N) is 2. The van der Waals surface area contributed by atoms with Gasteiger partial charge in [-0.3, -0.25) is 0 Å². The van der Waals surface area contributed by atoms with Crippen LogP contribution < -0.4 is 10.2 Å². The zero-order valence-electron chi connectivity index (χ0n) is 12.9. The van der Waals surface area contributed by atoms with Gasteiger partial charge in [0.1, 0.15) is 0 Å². The minimum absolute atomic E-state index is 0.0572. The second-order valence-corrected chi connectivity index (χ2v) is 5.20. The SMILES string of the molecule is CC(CO)N(C)C(=O)Nc1cc(C(F)(F)F)ccc1N(C)C. The monoisotopic (exact) mass is 319 g/mol. The molecule has 22 heavy (non-hydrogen) atoms. The van der Waals surface area contributed by atoms with Crippen molar-refractivity contribution in [1.82, 2.24) is 4.90 Å². The fourth-order valence-corrected chi connectivity index (χ4v) is 1.73. The Morgan fingerprint density at radius 3 is 2.36 bits per heavy atom. The number of carbonyl (C=O) groups excluding carboxylic acids is 1. The van der Waals surface area contributed by atoms with Gasteiger partial charge >= 0.3 is 12.2 Å². The first-order chi connectivity index (χ1) is 10.1. The number of carbonyl (C=O) groups is 1. The number of likely N-dealkylation sites (N-methyl/N-ethyl adjacent to an activating group) is 1. The molecule has 1 aromatic carbocycles. The van der Waals surface area contributed by atoms with Gasteiger partial charge < -0.3 is 20.2 Å². The summed E-state index contributed by atoms with van der Waals surface area (Å²) in [4.78, 5) is 14.9. The van der Waals surface area contributed by atoms with Crippen molar-refractivity contribution in [3.63, 3.8) is 0 Å². The summed E-state index contributed by atoms with van der Waals surface area (Å²) >= 11 is 0. The number of halogens is 3. The predicted molar refractivity (Wildman–Crippen MR) is 79.1 cm³/mol. The van der Waals surface area contributed by atoms with E-state index in [1.165, 1.54) is 18.0 Å². The topological polar surface area (TPSA) is 55.8 Å². The highest BCUT2D eigenvalue weighted by Gasteiger charge is 2.31. The highest BCUT2D eigenvalue weighted by molar-refractivity contribution is 5.93. The summed E-state index contributed by atoms with van der Waals surface area (Å²) in [6, 6.07) is 2.11. The predicted octanol–water partition coefficient (Wildman–Crippen LogP) is 2.62. The van der Waals surface area contributed by atoms with E-state index in [0.29, 0.717) is 5.69 Å². The highest BCUT2D eigenvalue weighted by atomic mass is 19.4. The van der Waals surface area contributed by atoms with E-state index in [2.05, 4.69) is 5.32 Å². The zero-order valence-corrected chi connectivity index (χ0v) is 12.9. The van der Waals surface area contributed by atoms with Crippen molar-refractivity contribution in [3.05, 3.63) is 23.8 Å². The molecule has 1 rings (SSSR count). The zero-order chi connectivity index (χ0) is 17.1. The molecule has 0 radical (unpaired) electrons. The number of amides is 2. The maximum atomic E-state index is 12.8. The van der Waals surface area contributed by atoms with E-state index < -0.39 is 23.8 Å². The smallest absolute Gasteiger partial charge is 0.394 e. The molecule has 0 aliphatic carbocycles. The van der Waals surface area contributed by atoms with Crippen LogP contribution in [0.5, 0.6) is 0 Å². The first-order valence-corrected chi connectivity index (χ1v) is 6.61. The van der Waals surface area contributed by atoms with Crippen molar-refractivity contribution < 1.29 is 23.1 Å². The number of benzene rings is 1. The maximum absolute atomic E-state index is 12.8. The molecule has 0 saturated heterocycles. The van der Waals surface area contributed by atoms with Gasteiger partial charge in [0.05, 0.1) is 29.6 Å². The molecule has 5 nitrogen and oxygen atoms in total. The largest absolute Gasteiger partial charge is 0.416 e.